The Morgan fingerprint density at radius 1 is 1.23 bits per heavy atom. The van der Waals surface area contributed by atoms with Crippen LogP contribution >= 0.6 is 11.6 Å². The van der Waals surface area contributed by atoms with Gasteiger partial charge in [-0.05, 0) is 24.3 Å². The number of non-ortho nitro benzene ring substituents is 1. The first-order chi connectivity index (χ1) is 12.1. The summed E-state index contributed by atoms with van der Waals surface area (Å²) in [5.41, 5.74) is 1.52. The van der Waals surface area contributed by atoms with Crippen molar-refractivity contribution in [1.29, 1.82) is 0 Å². The summed E-state index contributed by atoms with van der Waals surface area (Å²) in [4.78, 5) is 27.0. The highest BCUT2D eigenvalue weighted by Gasteiger charge is 2.21. The number of nitrogens with one attached hydrogen (secondary N) is 1. The molecule has 0 aliphatic carbocycles. The molecule has 1 aromatic heterocycles. The molecule has 0 atom stereocenters. The quantitative estimate of drug-likeness (QED) is 0.518. The molecule has 0 aliphatic rings. The van der Waals surface area contributed by atoms with Crippen LogP contribution in [0, 0.1) is 10.1 Å². The van der Waals surface area contributed by atoms with Crippen molar-refractivity contribution >= 4 is 40.0 Å². The van der Waals surface area contributed by atoms with Gasteiger partial charge in [-0.25, -0.2) is 4.98 Å². The van der Waals surface area contributed by atoms with E-state index in [1.165, 1.54) is 12.1 Å². The summed E-state index contributed by atoms with van der Waals surface area (Å²) in [5, 5.41) is 13.5. The van der Waals surface area contributed by atoms with Crippen LogP contribution in [0.15, 0.2) is 40.8 Å². The Balaban J connectivity index is 1.86. The number of nitrogens with zero attached hydrogens (tertiary/aromatic N) is 2. The third-order valence-corrected chi connectivity index (χ3v) is 4.01. The Bertz CT molecular complexity index is 1020. The number of nitro benzene ring substituents is 1. The highest BCUT2D eigenvalue weighted by molar-refractivity contribution is 6.34. The molecule has 7 nitrogen and oxygen atoms in total. The van der Waals surface area contributed by atoms with Crippen LogP contribution in [-0.2, 0) is 5.41 Å². The van der Waals surface area contributed by atoms with Crippen LogP contribution < -0.4 is 5.32 Å². The predicted octanol–water partition coefficient (Wildman–Crippen LogP) is 4.94. The number of benzene rings is 2. The number of aromatic nitrogens is 1. The fourth-order valence-corrected chi connectivity index (χ4v) is 2.59. The van der Waals surface area contributed by atoms with E-state index in [4.69, 9.17) is 16.0 Å². The molecule has 3 aromatic rings. The summed E-state index contributed by atoms with van der Waals surface area (Å²) < 4.78 is 5.72. The minimum Gasteiger partial charge on any atom is -0.440 e. The molecule has 1 heterocycles. The number of rotatable bonds is 3. The van der Waals surface area contributed by atoms with E-state index in [0.29, 0.717) is 22.7 Å². The van der Waals surface area contributed by atoms with Crippen molar-refractivity contribution in [3.05, 3.63) is 63.0 Å². The van der Waals surface area contributed by atoms with Crippen LogP contribution in [-0.4, -0.2) is 15.8 Å². The Labute approximate surface area is 154 Å². The van der Waals surface area contributed by atoms with E-state index in [1.807, 2.05) is 20.8 Å². The number of amides is 1. The standard InChI is InChI=1S/C18H16ClN3O4/c1-18(2,3)17-21-14-8-10(4-7-15(14)26-17)20-16(23)12-6-5-11(22(24)25)9-13(12)19/h4-9H,1-3H3,(H,20,23). The van der Waals surface area contributed by atoms with Crippen LogP contribution in [0.25, 0.3) is 11.1 Å². The smallest absolute Gasteiger partial charge is 0.270 e. The lowest BCUT2D eigenvalue weighted by molar-refractivity contribution is -0.384. The van der Waals surface area contributed by atoms with Crippen LogP contribution in [0.3, 0.4) is 0 Å². The number of anilines is 1. The number of nitro groups is 1. The van der Waals surface area contributed by atoms with Crippen molar-refractivity contribution < 1.29 is 14.1 Å². The van der Waals surface area contributed by atoms with Gasteiger partial charge in [0.25, 0.3) is 11.6 Å². The van der Waals surface area contributed by atoms with Crippen molar-refractivity contribution in [3.63, 3.8) is 0 Å². The van der Waals surface area contributed by atoms with Crippen molar-refractivity contribution in [2.45, 2.75) is 26.2 Å². The van der Waals surface area contributed by atoms with Gasteiger partial charge in [-0.2, -0.15) is 0 Å². The lowest BCUT2D eigenvalue weighted by atomic mass is 9.97. The number of hydrogen-bond acceptors (Lipinski definition) is 5. The van der Waals surface area contributed by atoms with Crippen molar-refractivity contribution in [1.82, 2.24) is 4.98 Å². The molecule has 134 valence electrons. The zero-order valence-electron chi connectivity index (χ0n) is 14.4. The Kier molecular flexibility index (Phi) is 4.41. The molecule has 0 unspecified atom stereocenters. The molecule has 0 aliphatic heterocycles. The number of halogens is 1. The van der Waals surface area contributed by atoms with E-state index < -0.39 is 10.8 Å². The molecule has 3 rings (SSSR count). The fraction of sp³-hybridized carbons (Fsp3) is 0.222. The average molecular weight is 374 g/mol. The largest absolute Gasteiger partial charge is 0.440 e. The zero-order chi connectivity index (χ0) is 19.1. The van der Waals surface area contributed by atoms with Crippen molar-refractivity contribution in [3.8, 4) is 0 Å². The molecule has 8 heteroatoms. The summed E-state index contributed by atoms with van der Waals surface area (Å²) in [6, 6.07) is 8.82. The maximum Gasteiger partial charge on any atom is 0.270 e. The second kappa shape index (κ2) is 6.42. The highest BCUT2D eigenvalue weighted by atomic mass is 35.5. The van der Waals surface area contributed by atoms with Gasteiger partial charge >= 0.3 is 0 Å². The average Bonchev–Trinajstić information content (AvgIpc) is 2.98. The summed E-state index contributed by atoms with van der Waals surface area (Å²) in [6.07, 6.45) is 0. The first-order valence-corrected chi connectivity index (χ1v) is 8.19. The van der Waals surface area contributed by atoms with Gasteiger partial charge in [0.2, 0.25) is 5.89 Å². The number of hydrogen-bond donors (Lipinski definition) is 1. The minimum absolute atomic E-state index is 0.00855. The molecule has 0 spiro atoms. The van der Waals surface area contributed by atoms with Gasteiger partial charge in [0.15, 0.2) is 5.58 Å². The zero-order valence-corrected chi connectivity index (χ0v) is 15.1. The molecule has 0 fully saturated rings. The van der Waals surface area contributed by atoms with Gasteiger partial charge in [-0.3, -0.25) is 14.9 Å². The van der Waals surface area contributed by atoms with Gasteiger partial charge in [-0.15, -0.1) is 0 Å². The molecule has 2 aromatic carbocycles. The summed E-state index contributed by atoms with van der Waals surface area (Å²) in [5.74, 6) is 0.137. The molecule has 0 bridgehead atoms. The van der Waals surface area contributed by atoms with E-state index in [1.54, 1.807) is 18.2 Å². The van der Waals surface area contributed by atoms with Gasteiger partial charge < -0.3 is 9.73 Å². The van der Waals surface area contributed by atoms with Crippen LogP contribution in [0.1, 0.15) is 37.0 Å². The van der Waals surface area contributed by atoms with Gasteiger partial charge in [0.05, 0.1) is 15.5 Å². The van der Waals surface area contributed by atoms with Crippen LogP contribution in [0.2, 0.25) is 5.02 Å². The van der Waals surface area contributed by atoms with E-state index in [2.05, 4.69) is 10.3 Å². The summed E-state index contributed by atoms with van der Waals surface area (Å²) in [6.45, 7) is 5.99. The molecular weight excluding hydrogens is 358 g/mol. The lowest BCUT2D eigenvalue weighted by Crippen LogP contribution is -2.12. The predicted molar refractivity (Wildman–Crippen MR) is 98.8 cm³/mol. The first-order valence-electron chi connectivity index (χ1n) is 7.81. The van der Waals surface area contributed by atoms with Crippen molar-refractivity contribution in [2.24, 2.45) is 0 Å². The molecule has 0 saturated heterocycles. The van der Waals surface area contributed by atoms with E-state index in [9.17, 15) is 14.9 Å². The maximum absolute atomic E-state index is 12.4. The van der Waals surface area contributed by atoms with Crippen molar-refractivity contribution in [2.75, 3.05) is 5.32 Å². The maximum atomic E-state index is 12.4. The monoisotopic (exact) mass is 373 g/mol. The topological polar surface area (TPSA) is 98.3 Å². The van der Waals surface area contributed by atoms with E-state index >= 15 is 0 Å². The lowest BCUT2D eigenvalue weighted by Gasteiger charge is -2.11. The number of oxazole rings is 1. The minimum atomic E-state index is -0.571. The summed E-state index contributed by atoms with van der Waals surface area (Å²) >= 11 is 5.99. The van der Waals surface area contributed by atoms with Crippen LogP contribution in [0.4, 0.5) is 11.4 Å². The number of carbonyl (C=O) groups excluding carboxylic acids is 1. The van der Waals surface area contributed by atoms with Crippen LogP contribution in [0.5, 0.6) is 0 Å². The first kappa shape index (κ1) is 17.9. The third kappa shape index (κ3) is 3.52. The van der Waals surface area contributed by atoms with Gasteiger partial charge in [0, 0.05) is 23.2 Å². The molecule has 0 saturated carbocycles. The number of carbonyl (C=O) groups is 1. The Hall–Kier alpha value is -2.93. The SMILES string of the molecule is CC(C)(C)c1nc2cc(NC(=O)c3ccc([N+](=O)[O-])cc3Cl)ccc2o1. The Morgan fingerprint density at radius 2 is 1.96 bits per heavy atom. The second-order valence-corrected chi connectivity index (χ2v) is 7.23. The molecule has 26 heavy (non-hydrogen) atoms. The number of fused-ring (bicyclic) bond motifs is 1. The van der Waals surface area contributed by atoms with Gasteiger partial charge in [-0.1, -0.05) is 32.4 Å². The molecular formula is C18H16ClN3O4. The molecule has 1 N–H and O–H groups in total. The normalized spacial score (nSPS) is 11.5. The molecule has 1 amide bonds. The summed E-state index contributed by atoms with van der Waals surface area (Å²) in [7, 11) is 0. The Morgan fingerprint density at radius 3 is 2.58 bits per heavy atom. The fourth-order valence-electron chi connectivity index (χ4n) is 2.33. The second-order valence-electron chi connectivity index (χ2n) is 6.83. The molecule has 0 radical (unpaired) electrons. The third-order valence-electron chi connectivity index (χ3n) is 3.70. The van der Waals surface area contributed by atoms with Gasteiger partial charge in [0.1, 0.15) is 5.52 Å². The highest BCUT2D eigenvalue weighted by Crippen LogP contribution is 2.28. The van der Waals surface area contributed by atoms with E-state index in [-0.39, 0.29) is 21.7 Å². The van der Waals surface area contributed by atoms with E-state index in [0.717, 1.165) is 6.07 Å².